The van der Waals surface area contributed by atoms with Gasteiger partial charge < -0.3 is 0 Å². The summed E-state index contributed by atoms with van der Waals surface area (Å²) in [5.74, 6) is 0. The van der Waals surface area contributed by atoms with Crippen LogP contribution in [-0.2, 0) is 7.05 Å². The molecule has 0 atom stereocenters. The van der Waals surface area contributed by atoms with Gasteiger partial charge in [0.15, 0.2) is 0 Å². The van der Waals surface area contributed by atoms with E-state index < -0.39 is 0 Å². The lowest BCUT2D eigenvalue weighted by atomic mass is 10.1. The SMILES string of the molecule is Cn1cc(-c2ccncc2)c(C=Cc2ccc(Cl)cc2)n1. The number of hydrogen-bond donors (Lipinski definition) is 0. The summed E-state index contributed by atoms with van der Waals surface area (Å²) in [4.78, 5) is 4.05. The van der Waals surface area contributed by atoms with E-state index in [0.29, 0.717) is 0 Å². The van der Waals surface area contributed by atoms with Crippen LogP contribution in [0.5, 0.6) is 0 Å². The minimum atomic E-state index is 0.738. The molecule has 0 aliphatic rings. The molecule has 3 aromatic rings. The maximum absolute atomic E-state index is 5.89. The summed E-state index contributed by atoms with van der Waals surface area (Å²) in [5, 5.41) is 5.24. The molecule has 0 aliphatic heterocycles. The maximum Gasteiger partial charge on any atom is 0.0929 e. The normalized spacial score (nSPS) is 11.1. The first-order chi connectivity index (χ1) is 10.2. The van der Waals surface area contributed by atoms with Crippen LogP contribution in [0.25, 0.3) is 23.3 Å². The number of aromatic nitrogens is 3. The predicted molar refractivity (Wildman–Crippen MR) is 86.8 cm³/mol. The molecule has 21 heavy (non-hydrogen) atoms. The predicted octanol–water partition coefficient (Wildman–Crippen LogP) is 4.31. The summed E-state index contributed by atoms with van der Waals surface area (Å²) in [6.07, 6.45) is 9.63. The molecule has 4 heteroatoms. The monoisotopic (exact) mass is 295 g/mol. The van der Waals surface area contributed by atoms with Gasteiger partial charge in [0.25, 0.3) is 0 Å². The number of nitrogens with zero attached hydrogens (tertiary/aromatic N) is 3. The number of rotatable bonds is 3. The van der Waals surface area contributed by atoms with Gasteiger partial charge in [-0.15, -0.1) is 0 Å². The standard InChI is InChI=1S/C17H14ClN3/c1-21-12-16(14-8-10-19-11-9-14)17(20-21)7-4-13-2-5-15(18)6-3-13/h2-12H,1H3. The zero-order chi connectivity index (χ0) is 14.7. The highest BCUT2D eigenvalue weighted by molar-refractivity contribution is 6.30. The topological polar surface area (TPSA) is 30.7 Å². The van der Waals surface area contributed by atoms with Crippen molar-refractivity contribution < 1.29 is 0 Å². The van der Waals surface area contributed by atoms with E-state index in [0.717, 1.165) is 27.4 Å². The first-order valence-electron chi connectivity index (χ1n) is 6.60. The number of hydrogen-bond acceptors (Lipinski definition) is 2. The molecule has 0 aliphatic carbocycles. The molecule has 0 saturated carbocycles. The van der Waals surface area contributed by atoms with Crippen molar-refractivity contribution in [2.45, 2.75) is 0 Å². The van der Waals surface area contributed by atoms with Crippen LogP contribution in [0.4, 0.5) is 0 Å². The van der Waals surface area contributed by atoms with Crippen molar-refractivity contribution in [2.75, 3.05) is 0 Å². The highest BCUT2D eigenvalue weighted by atomic mass is 35.5. The summed E-state index contributed by atoms with van der Waals surface area (Å²) in [5.41, 5.74) is 4.21. The fourth-order valence-corrected chi connectivity index (χ4v) is 2.26. The lowest BCUT2D eigenvalue weighted by Crippen LogP contribution is -1.86. The average molecular weight is 296 g/mol. The van der Waals surface area contributed by atoms with Crippen molar-refractivity contribution in [3.8, 4) is 11.1 Å². The molecular weight excluding hydrogens is 282 g/mol. The molecule has 0 fully saturated rings. The Morgan fingerprint density at radius 1 is 1.00 bits per heavy atom. The zero-order valence-electron chi connectivity index (χ0n) is 11.6. The second kappa shape index (κ2) is 5.94. The van der Waals surface area contributed by atoms with E-state index in [1.54, 1.807) is 12.4 Å². The Kier molecular flexibility index (Phi) is 3.84. The second-order valence-corrected chi connectivity index (χ2v) is 5.16. The lowest BCUT2D eigenvalue weighted by molar-refractivity contribution is 0.765. The van der Waals surface area contributed by atoms with Gasteiger partial charge in [0.2, 0.25) is 0 Å². The van der Waals surface area contributed by atoms with E-state index in [1.807, 2.05) is 66.5 Å². The van der Waals surface area contributed by atoms with Crippen molar-refractivity contribution in [1.82, 2.24) is 14.8 Å². The van der Waals surface area contributed by atoms with Gasteiger partial charge in [0.1, 0.15) is 0 Å². The number of aryl methyl sites for hydroxylation is 1. The summed E-state index contributed by atoms with van der Waals surface area (Å²) >= 11 is 5.89. The third-order valence-corrected chi connectivity index (χ3v) is 3.40. The minimum absolute atomic E-state index is 0.738. The second-order valence-electron chi connectivity index (χ2n) is 4.72. The smallest absolute Gasteiger partial charge is 0.0929 e. The highest BCUT2D eigenvalue weighted by Gasteiger charge is 2.06. The molecule has 2 heterocycles. The Hall–Kier alpha value is -2.39. The van der Waals surface area contributed by atoms with E-state index >= 15 is 0 Å². The Morgan fingerprint density at radius 3 is 2.43 bits per heavy atom. The Morgan fingerprint density at radius 2 is 1.71 bits per heavy atom. The molecule has 0 amide bonds. The molecule has 0 bridgehead atoms. The van der Waals surface area contributed by atoms with Crippen LogP contribution >= 0.6 is 11.6 Å². The van der Waals surface area contributed by atoms with Crippen LogP contribution in [0.15, 0.2) is 55.0 Å². The van der Waals surface area contributed by atoms with E-state index in [-0.39, 0.29) is 0 Å². The lowest BCUT2D eigenvalue weighted by Gasteiger charge is -1.98. The van der Waals surface area contributed by atoms with E-state index in [9.17, 15) is 0 Å². The van der Waals surface area contributed by atoms with Gasteiger partial charge in [-0.2, -0.15) is 5.10 Å². The molecule has 3 rings (SSSR count). The zero-order valence-corrected chi connectivity index (χ0v) is 12.3. The van der Waals surface area contributed by atoms with Crippen LogP contribution in [0, 0.1) is 0 Å². The van der Waals surface area contributed by atoms with E-state index in [4.69, 9.17) is 11.6 Å². The molecule has 0 saturated heterocycles. The Balaban J connectivity index is 1.94. The molecule has 0 spiro atoms. The van der Waals surface area contributed by atoms with Gasteiger partial charge in [-0.05, 0) is 41.5 Å². The van der Waals surface area contributed by atoms with E-state index in [1.165, 1.54) is 0 Å². The molecule has 0 unspecified atom stereocenters. The van der Waals surface area contributed by atoms with Crippen LogP contribution < -0.4 is 0 Å². The number of benzene rings is 1. The average Bonchev–Trinajstić information content (AvgIpc) is 2.89. The van der Waals surface area contributed by atoms with Crippen LogP contribution in [0.2, 0.25) is 5.02 Å². The van der Waals surface area contributed by atoms with Crippen molar-refractivity contribution in [1.29, 1.82) is 0 Å². The van der Waals surface area contributed by atoms with Gasteiger partial charge in [0.05, 0.1) is 5.69 Å². The third-order valence-electron chi connectivity index (χ3n) is 3.15. The fraction of sp³-hybridized carbons (Fsp3) is 0.0588. The molecule has 3 nitrogen and oxygen atoms in total. The summed E-state index contributed by atoms with van der Waals surface area (Å²) in [6.45, 7) is 0. The van der Waals surface area contributed by atoms with Crippen LogP contribution in [0.3, 0.4) is 0 Å². The van der Waals surface area contributed by atoms with Gasteiger partial charge >= 0.3 is 0 Å². The van der Waals surface area contributed by atoms with Crippen molar-refractivity contribution in [3.05, 3.63) is 71.3 Å². The van der Waals surface area contributed by atoms with Gasteiger partial charge in [-0.3, -0.25) is 9.67 Å². The fourth-order valence-electron chi connectivity index (χ4n) is 2.13. The highest BCUT2D eigenvalue weighted by Crippen LogP contribution is 2.23. The first kappa shape index (κ1) is 13.6. The molecule has 1 aromatic carbocycles. The third kappa shape index (κ3) is 3.20. The van der Waals surface area contributed by atoms with Crippen molar-refractivity contribution in [2.24, 2.45) is 7.05 Å². The van der Waals surface area contributed by atoms with Crippen molar-refractivity contribution >= 4 is 23.8 Å². The summed E-state index contributed by atoms with van der Waals surface area (Å²) in [7, 11) is 1.92. The number of pyridine rings is 1. The van der Waals surface area contributed by atoms with Crippen molar-refractivity contribution in [3.63, 3.8) is 0 Å². The maximum atomic E-state index is 5.89. The largest absolute Gasteiger partial charge is 0.275 e. The minimum Gasteiger partial charge on any atom is -0.275 e. The summed E-state index contributed by atoms with van der Waals surface area (Å²) < 4.78 is 1.82. The molecule has 104 valence electrons. The van der Waals surface area contributed by atoms with Crippen LogP contribution in [-0.4, -0.2) is 14.8 Å². The Bertz CT molecular complexity index is 758. The molecule has 0 radical (unpaired) electrons. The van der Waals surface area contributed by atoms with Crippen LogP contribution in [0.1, 0.15) is 11.3 Å². The van der Waals surface area contributed by atoms with Gasteiger partial charge in [-0.25, -0.2) is 0 Å². The first-order valence-corrected chi connectivity index (χ1v) is 6.98. The molecular formula is C17H14ClN3. The van der Waals surface area contributed by atoms with Gasteiger partial charge in [-0.1, -0.05) is 29.8 Å². The quantitative estimate of drug-likeness (QED) is 0.721. The Labute approximate surface area is 128 Å². The van der Waals surface area contributed by atoms with E-state index in [2.05, 4.69) is 10.1 Å². The van der Waals surface area contributed by atoms with Gasteiger partial charge in [0, 0.05) is 36.2 Å². The molecule has 2 aromatic heterocycles. The molecule has 0 N–H and O–H groups in total. The number of halogens is 1. The summed E-state index contributed by atoms with van der Waals surface area (Å²) in [6, 6.07) is 11.7.